The molecule has 0 saturated heterocycles. The second kappa shape index (κ2) is 6.94. The summed E-state index contributed by atoms with van der Waals surface area (Å²) in [5.74, 6) is -0.487. The number of amides is 1. The number of benzene rings is 2. The van der Waals surface area contributed by atoms with Crippen molar-refractivity contribution in [3.05, 3.63) is 74.4 Å². The minimum Gasteiger partial charge on any atom is -0.361 e. The molecule has 0 radical (unpaired) electrons. The summed E-state index contributed by atoms with van der Waals surface area (Å²) in [7, 11) is 0. The van der Waals surface area contributed by atoms with E-state index in [0.717, 1.165) is 22.0 Å². The van der Waals surface area contributed by atoms with Gasteiger partial charge in [0.15, 0.2) is 0 Å². The highest BCUT2D eigenvalue weighted by atomic mass is 35.5. The predicted molar refractivity (Wildman–Crippen MR) is 97.2 cm³/mol. The Kier molecular flexibility index (Phi) is 4.72. The molecule has 0 spiro atoms. The zero-order valence-electron chi connectivity index (χ0n) is 13.5. The van der Waals surface area contributed by atoms with E-state index in [9.17, 15) is 14.9 Å². The summed E-state index contributed by atoms with van der Waals surface area (Å²) in [5, 5.41) is 15.1. The molecule has 7 heteroatoms. The van der Waals surface area contributed by atoms with E-state index in [1.54, 1.807) is 0 Å². The monoisotopic (exact) mass is 357 g/mol. The molecule has 128 valence electrons. The number of H-pyrrole nitrogens is 1. The van der Waals surface area contributed by atoms with Crippen molar-refractivity contribution >= 4 is 34.1 Å². The molecule has 1 aromatic heterocycles. The number of nitrogens with zero attached hydrogens (tertiary/aromatic N) is 1. The second-order valence-corrected chi connectivity index (χ2v) is 6.22. The summed E-state index contributed by atoms with van der Waals surface area (Å²) >= 11 is 5.77. The van der Waals surface area contributed by atoms with Crippen LogP contribution in [0.15, 0.2) is 42.6 Å². The molecule has 1 heterocycles. The van der Waals surface area contributed by atoms with E-state index in [1.807, 2.05) is 25.3 Å². The fourth-order valence-electron chi connectivity index (χ4n) is 2.75. The smallest absolute Gasteiger partial charge is 0.283 e. The van der Waals surface area contributed by atoms with Crippen molar-refractivity contribution in [3.8, 4) is 0 Å². The fraction of sp³-hybridized carbons (Fsp3) is 0.167. The Morgan fingerprint density at radius 2 is 2.08 bits per heavy atom. The molecule has 0 bridgehead atoms. The average Bonchev–Trinajstić information content (AvgIpc) is 2.97. The standard InChI is InChI=1S/C18H16ClN3O3/c1-11-2-5-16-15(8-11)12(10-21-16)6-7-20-18(23)14-4-3-13(19)9-17(14)22(24)25/h2-5,8-10,21H,6-7H2,1H3,(H,20,23). The molecule has 6 nitrogen and oxygen atoms in total. The van der Waals surface area contributed by atoms with Crippen molar-refractivity contribution in [2.45, 2.75) is 13.3 Å². The quantitative estimate of drug-likeness (QED) is 0.534. The second-order valence-electron chi connectivity index (χ2n) is 5.79. The molecule has 2 aromatic carbocycles. The van der Waals surface area contributed by atoms with E-state index < -0.39 is 10.8 Å². The van der Waals surface area contributed by atoms with Crippen LogP contribution in [-0.2, 0) is 6.42 Å². The molecular formula is C18H16ClN3O3. The van der Waals surface area contributed by atoms with Gasteiger partial charge in [-0.3, -0.25) is 14.9 Å². The number of halogens is 1. The minimum absolute atomic E-state index is 0.00386. The summed E-state index contributed by atoms with van der Waals surface area (Å²) in [6.45, 7) is 2.40. The number of hydrogen-bond donors (Lipinski definition) is 2. The molecule has 0 aliphatic carbocycles. The van der Waals surface area contributed by atoms with Gasteiger partial charge in [-0.2, -0.15) is 0 Å². The molecule has 0 fully saturated rings. The van der Waals surface area contributed by atoms with Crippen molar-refractivity contribution in [2.75, 3.05) is 6.54 Å². The van der Waals surface area contributed by atoms with Gasteiger partial charge in [0.05, 0.1) is 4.92 Å². The van der Waals surface area contributed by atoms with Gasteiger partial charge < -0.3 is 10.3 Å². The summed E-state index contributed by atoms with van der Waals surface area (Å²) < 4.78 is 0. The van der Waals surface area contributed by atoms with Gasteiger partial charge in [0.25, 0.3) is 11.6 Å². The molecule has 0 aliphatic rings. The lowest BCUT2D eigenvalue weighted by Gasteiger charge is -2.06. The fourth-order valence-corrected chi connectivity index (χ4v) is 2.92. The maximum atomic E-state index is 12.3. The first-order chi connectivity index (χ1) is 12.0. The summed E-state index contributed by atoms with van der Waals surface area (Å²) in [6.07, 6.45) is 2.54. The lowest BCUT2D eigenvalue weighted by Crippen LogP contribution is -2.26. The number of carbonyl (C=O) groups excluding carboxylic acids is 1. The highest BCUT2D eigenvalue weighted by molar-refractivity contribution is 6.31. The third-order valence-electron chi connectivity index (χ3n) is 4.00. The predicted octanol–water partition coefficient (Wildman–Crippen LogP) is 4.01. The molecule has 0 unspecified atom stereocenters. The topological polar surface area (TPSA) is 88.0 Å². The number of carbonyl (C=O) groups is 1. The van der Waals surface area contributed by atoms with Gasteiger partial charge >= 0.3 is 0 Å². The van der Waals surface area contributed by atoms with Gasteiger partial charge in [-0.25, -0.2) is 0 Å². The minimum atomic E-state index is -0.608. The van der Waals surface area contributed by atoms with Gasteiger partial charge in [0.2, 0.25) is 0 Å². The van der Waals surface area contributed by atoms with E-state index in [-0.39, 0.29) is 16.3 Å². The SMILES string of the molecule is Cc1ccc2[nH]cc(CCNC(=O)c3ccc(Cl)cc3[N+](=O)[O-])c2c1. The maximum absolute atomic E-state index is 12.3. The van der Waals surface area contributed by atoms with Crippen LogP contribution >= 0.6 is 11.6 Å². The lowest BCUT2D eigenvalue weighted by molar-refractivity contribution is -0.385. The van der Waals surface area contributed by atoms with Gasteiger partial charge in [0, 0.05) is 34.7 Å². The van der Waals surface area contributed by atoms with E-state index in [2.05, 4.69) is 16.4 Å². The van der Waals surface area contributed by atoms with E-state index >= 15 is 0 Å². The average molecular weight is 358 g/mol. The molecular weight excluding hydrogens is 342 g/mol. The number of hydrogen-bond acceptors (Lipinski definition) is 3. The normalized spacial score (nSPS) is 10.8. The van der Waals surface area contributed by atoms with Gasteiger partial charge in [0.1, 0.15) is 5.56 Å². The Labute approximate surface area is 149 Å². The molecule has 25 heavy (non-hydrogen) atoms. The number of aromatic nitrogens is 1. The third-order valence-corrected chi connectivity index (χ3v) is 4.24. The highest BCUT2D eigenvalue weighted by Gasteiger charge is 2.20. The first-order valence-electron chi connectivity index (χ1n) is 7.74. The van der Waals surface area contributed by atoms with Crippen molar-refractivity contribution < 1.29 is 9.72 Å². The van der Waals surface area contributed by atoms with E-state index in [4.69, 9.17) is 11.6 Å². The van der Waals surface area contributed by atoms with Crippen LogP contribution in [0.5, 0.6) is 0 Å². The van der Waals surface area contributed by atoms with Crippen LogP contribution in [0.4, 0.5) is 5.69 Å². The van der Waals surface area contributed by atoms with Gasteiger partial charge in [-0.1, -0.05) is 23.2 Å². The number of fused-ring (bicyclic) bond motifs is 1. The molecule has 0 atom stereocenters. The Bertz CT molecular complexity index is 965. The molecule has 1 amide bonds. The molecule has 3 rings (SSSR count). The zero-order valence-corrected chi connectivity index (χ0v) is 14.3. The number of nitro groups is 1. The van der Waals surface area contributed by atoms with Crippen molar-refractivity contribution in [1.82, 2.24) is 10.3 Å². The maximum Gasteiger partial charge on any atom is 0.283 e. The van der Waals surface area contributed by atoms with Gasteiger partial charge in [-0.05, 0) is 43.2 Å². The molecule has 2 N–H and O–H groups in total. The van der Waals surface area contributed by atoms with Gasteiger partial charge in [-0.15, -0.1) is 0 Å². The number of aryl methyl sites for hydroxylation is 1. The number of rotatable bonds is 5. The lowest BCUT2D eigenvalue weighted by atomic mass is 10.1. The van der Waals surface area contributed by atoms with E-state index in [1.165, 1.54) is 18.2 Å². The van der Waals surface area contributed by atoms with Crippen LogP contribution in [0, 0.1) is 17.0 Å². The number of aromatic amines is 1. The summed E-state index contributed by atoms with van der Waals surface area (Å²) in [6, 6.07) is 10.1. The first-order valence-corrected chi connectivity index (χ1v) is 8.12. The number of nitro benzene ring substituents is 1. The van der Waals surface area contributed by atoms with Crippen molar-refractivity contribution in [3.63, 3.8) is 0 Å². The Balaban J connectivity index is 1.70. The Hall–Kier alpha value is -2.86. The van der Waals surface area contributed by atoms with Crippen LogP contribution in [-0.4, -0.2) is 22.4 Å². The van der Waals surface area contributed by atoms with Crippen molar-refractivity contribution in [1.29, 1.82) is 0 Å². The summed E-state index contributed by atoms with van der Waals surface area (Å²) in [5.41, 5.74) is 3.00. The number of nitrogens with one attached hydrogen (secondary N) is 2. The summed E-state index contributed by atoms with van der Waals surface area (Å²) in [4.78, 5) is 25.9. The van der Waals surface area contributed by atoms with Crippen LogP contribution in [0.3, 0.4) is 0 Å². The third kappa shape index (κ3) is 3.64. The van der Waals surface area contributed by atoms with E-state index in [0.29, 0.717) is 13.0 Å². The Morgan fingerprint density at radius 3 is 2.84 bits per heavy atom. The van der Waals surface area contributed by atoms with Crippen LogP contribution in [0.25, 0.3) is 10.9 Å². The van der Waals surface area contributed by atoms with Crippen molar-refractivity contribution in [2.24, 2.45) is 0 Å². The first kappa shape index (κ1) is 17.0. The Morgan fingerprint density at radius 1 is 1.28 bits per heavy atom. The largest absolute Gasteiger partial charge is 0.361 e. The van der Waals surface area contributed by atoms with Crippen LogP contribution in [0.1, 0.15) is 21.5 Å². The molecule has 0 aliphatic heterocycles. The van der Waals surface area contributed by atoms with Crippen LogP contribution < -0.4 is 5.32 Å². The van der Waals surface area contributed by atoms with Crippen LogP contribution in [0.2, 0.25) is 5.02 Å². The zero-order chi connectivity index (χ0) is 18.0. The highest BCUT2D eigenvalue weighted by Crippen LogP contribution is 2.23. The molecule has 3 aromatic rings. The molecule has 0 saturated carbocycles.